The number of likely N-dealkylation sites (tertiary alicyclic amines) is 1. The molecular formula is C37H40ClF2N3O4S. The van der Waals surface area contributed by atoms with Gasteiger partial charge in [0.05, 0.1) is 28.7 Å². The number of nitrogens with zero attached hydrogens (tertiary/aromatic N) is 2. The van der Waals surface area contributed by atoms with E-state index in [4.69, 9.17) is 11.6 Å². The van der Waals surface area contributed by atoms with Crippen LogP contribution in [0.2, 0.25) is 5.02 Å². The summed E-state index contributed by atoms with van der Waals surface area (Å²) in [6.45, 7) is 8.09. The summed E-state index contributed by atoms with van der Waals surface area (Å²) in [5.74, 6) is -3.01. The van der Waals surface area contributed by atoms with Crippen molar-refractivity contribution >= 4 is 39.1 Å². The zero-order valence-corrected chi connectivity index (χ0v) is 28.3. The number of nitrogens with one attached hydrogen (secondary N) is 1. The Morgan fingerprint density at radius 2 is 1.71 bits per heavy atom. The van der Waals surface area contributed by atoms with Crippen LogP contribution in [0.1, 0.15) is 66.8 Å². The van der Waals surface area contributed by atoms with E-state index in [-0.39, 0.29) is 34.5 Å². The molecule has 0 aromatic heterocycles. The highest BCUT2D eigenvalue weighted by atomic mass is 35.5. The predicted octanol–water partition coefficient (Wildman–Crippen LogP) is 7.64. The molecular weight excluding hydrogens is 656 g/mol. The lowest BCUT2D eigenvalue weighted by atomic mass is 9.70. The van der Waals surface area contributed by atoms with Crippen molar-refractivity contribution in [1.29, 1.82) is 0 Å². The van der Waals surface area contributed by atoms with E-state index in [0.717, 1.165) is 48.5 Å². The van der Waals surface area contributed by atoms with E-state index in [1.54, 1.807) is 41.3 Å². The molecule has 0 radical (unpaired) electrons. The third-order valence-electron chi connectivity index (χ3n) is 9.49. The third-order valence-corrected chi connectivity index (χ3v) is 11.8. The Labute approximate surface area is 286 Å². The van der Waals surface area contributed by atoms with Gasteiger partial charge in [0, 0.05) is 24.6 Å². The first kappa shape index (κ1) is 35.3. The van der Waals surface area contributed by atoms with Crippen LogP contribution in [-0.4, -0.2) is 50.8 Å². The van der Waals surface area contributed by atoms with Crippen LogP contribution in [0.3, 0.4) is 0 Å². The van der Waals surface area contributed by atoms with E-state index in [2.05, 4.69) is 18.5 Å². The van der Waals surface area contributed by atoms with Gasteiger partial charge in [-0.05, 0) is 73.7 Å². The first-order valence-corrected chi connectivity index (χ1v) is 18.0. The van der Waals surface area contributed by atoms with E-state index in [1.165, 1.54) is 30.3 Å². The summed E-state index contributed by atoms with van der Waals surface area (Å²) in [4.78, 5) is 29.5. The summed E-state index contributed by atoms with van der Waals surface area (Å²) < 4.78 is 57.2. The molecule has 1 saturated heterocycles. The van der Waals surface area contributed by atoms with E-state index in [9.17, 15) is 26.8 Å². The first-order valence-electron chi connectivity index (χ1n) is 16.1. The molecule has 5 rings (SSSR count). The molecule has 0 bridgehead atoms. The normalized spacial score (nSPS) is 19.3. The maximum atomic E-state index is 14.4. The van der Waals surface area contributed by atoms with Crippen LogP contribution >= 0.6 is 11.6 Å². The van der Waals surface area contributed by atoms with Gasteiger partial charge in [0.25, 0.3) is 15.9 Å². The summed E-state index contributed by atoms with van der Waals surface area (Å²) in [6.07, 6.45) is 8.67. The molecule has 48 heavy (non-hydrogen) atoms. The summed E-state index contributed by atoms with van der Waals surface area (Å²) in [6, 6.07) is 15.5. The summed E-state index contributed by atoms with van der Waals surface area (Å²) in [5.41, 5.74) is 0.371. The second kappa shape index (κ2) is 15.0. The van der Waals surface area contributed by atoms with Gasteiger partial charge in [-0.25, -0.2) is 17.2 Å². The van der Waals surface area contributed by atoms with Crippen LogP contribution in [0.4, 0.5) is 14.5 Å². The maximum Gasteiger partial charge on any atom is 0.266 e. The molecule has 2 atom stereocenters. The highest BCUT2D eigenvalue weighted by molar-refractivity contribution is 7.93. The molecule has 1 N–H and O–H groups in total. The zero-order valence-electron chi connectivity index (χ0n) is 26.7. The molecule has 1 heterocycles. The Kier molecular flexibility index (Phi) is 11.1. The molecule has 2 fully saturated rings. The molecule has 2 amide bonds. The Morgan fingerprint density at radius 3 is 2.38 bits per heavy atom. The van der Waals surface area contributed by atoms with Crippen LogP contribution in [0.5, 0.6) is 0 Å². The van der Waals surface area contributed by atoms with Crippen molar-refractivity contribution in [2.24, 2.45) is 5.41 Å². The first-order chi connectivity index (χ1) is 23.0. The van der Waals surface area contributed by atoms with Gasteiger partial charge in [-0.15, -0.1) is 13.2 Å². The second-order valence-corrected chi connectivity index (χ2v) is 14.8. The Morgan fingerprint density at radius 1 is 0.979 bits per heavy atom. The maximum absolute atomic E-state index is 14.4. The van der Waals surface area contributed by atoms with Crippen molar-refractivity contribution in [3.05, 3.63) is 120 Å². The number of hydrogen-bond donors (Lipinski definition) is 1. The standard InChI is InChI=1S/C37H40ClF2N3O4S/c1-3-18-37(19-9-6-10-20-37)36(45)42-22-17-29(26-14-16-31(39)32(40)23-26)33(25-42)41-35(44)27-13-15-30(38)34(24-27)48(46,47)43(21-4-2)28-11-7-5-8-12-28/h3-5,7-8,11-16,23-24,29,33H,1-2,6,9-10,17-22,25H2,(H,41,44)/t29-,33-/m0/s1. The average Bonchev–Trinajstić information content (AvgIpc) is 3.09. The summed E-state index contributed by atoms with van der Waals surface area (Å²) in [7, 11) is -4.23. The van der Waals surface area contributed by atoms with Crippen molar-refractivity contribution in [3.63, 3.8) is 0 Å². The molecule has 2 aliphatic rings. The SMILES string of the molecule is C=CCN(c1ccccc1)S(=O)(=O)c1cc(C(=O)N[C@H]2CN(C(=O)C3(CC=C)CCCCC3)CC[C@H]2c2ccc(F)c(F)c2)ccc1Cl. The van der Waals surface area contributed by atoms with Gasteiger partial charge < -0.3 is 10.2 Å². The number of amides is 2. The van der Waals surface area contributed by atoms with Crippen LogP contribution in [0, 0.1) is 17.0 Å². The van der Waals surface area contributed by atoms with Gasteiger partial charge >= 0.3 is 0 Å². The van der Waals surface area contributed by atoms with Gasteiger partial charge in [0.15, 0.2) is 11.6 Å². The van der Waals surface area contributed by atoms with E-state index in [1.807, 2.05) is 0 Å². The van der Waals surface area contributed by atoms with Gasteiger partial charge in [-0.3, -0.25) is 13.9 Å². The van der Waals surface area contributed by atoms with Crippen molar-refractivity contribution < 1.29 is 26.8 Å². The number of halogens is 3. The molecule has 1 aliphatic heterocycles. The molecule has 11 heteroatoms. The molecule has 3 aromatic carbocycles. The molecule has 1 aliphatic carbocycles. The smallest absolute Gasteiger partial charge is 0.266 e. The Balaban J connectivity index is 1.46. The van der Waals surface area contributed by atoms with Gasteiger partial charge in [0.1, 0.15) is 4.90 Å². The molecule has 7 nitrogen and oxygen atoms in total. The van der Waals surface area contributed by atoms with Gasteiger partial charge in [0.2, 0.25) is 5.91 Å². The van der Waals surface area contributed by atoms with Gasteiger partial charge in [-0.2, -0.15) is 0 Å². The number of rotatable bonds is 11. The number of hydrogen-bond acceptors (Lipinski definition) is 4. The van der Waals surface area contributed by atoms with Crippen LogP contribution in [-0.2, 0) is 14.8 Å². The largest absolute Gasteiger partial charge is 0.347 e. The number of anilines is 1. The van der Waals surface area contributed by atoms with Crippen molar-refractivity contribution in [1.82, 2.24) is 10.2 Å². The number of benzene rings is 3. The number of para-hydroxylation sites is 1. The third kappa shape index (κ3) is 7.34. The fourth-order valence-electron chi connectivity index (χ4n) is 7.04. The van der Waals surface area contributed by atoms with E-state index >= 15 is 0 Å². The predicted molar refractivity (Wildman–Crippen MR) is 185 cm³/mol. The van der Waals surface area contributed by atoms with Gasteiger partial charge in [-0.1, -0.05) is 67.3 Å². The van der Waals surface area contributed by atoms with Crippen LogP contribution < -0.4 is 9.62 Å². The Bertz CT molecular complexity index is 1780. The number of sulfonamides is 1. The number of piperidine rings is 1. The van der Waals surface area contributed by atoms with Crippen LogP contribution in [0.25, 0.3) is 0 Å². The number of carbonyl (C=O) groups is 2. The molecule has 0 spiro atoms. The average molecular weight is 696 g/mol. The monoisotopic (exact) mass is 695 g/mol. The molecule has 254 valence electrons. The second-order valence-electron chi connectivity index (χ2n) is 12.5. The fraction of sp³-hybridized carbons (Fsp3) is 0.351. The molecule has 1 saturated carbocycles. The fourth-order valence-corrected chi connectivity index (χ4v) is 8.98. The molecule has 0 unspecified atom stereocenters. The van der Waals surface area contributed by atoms with Crippen molar-refractivity contribution in [2.75, 3.05) is 23.9 Å². The highest BCUT2D eigenvalue weighted by Gasteiger charge is 2.44. The minimum absolute atomic E-state index is 0.00757. The van der Waals surface area contributed by atoms with Crippen molar-refractivity contribution in [2.45, 2.75) is 61.8 Å². The zero-order chi connectivity index (χ0) is 34.5. The topological polar surface area (TPSA) is 86.8 Å². The summed E-state index contributed by atoms with van der Waals surface area (Å²) in [5, 5.41) is 2.93. The highest BCUT2D eigenvalue weighted by Crippen LogP contribution is 2.42. The lowest BCUT2D eigenvalue weighted by Crippen LogP contribution is -2.56. The van der Waals surface area contributed by atoms with E-state index in [0.29, 0.717) is 30.6 Å². The van der Waals surface area contributed by atoms with Crippen LogP contribution in [0.15, 0.2) is 96.9 Å². The minimum atomic E-state index is -4.23. The number of allylic oxidation sites excluding steroid dienone is 1. The quantitative estimate of drug-likeness (QED) is 0.209. The minimum Gasteiger partial charge on any atom is -0.347 e. The van der Waals surface area contributed by atoms with E-state index < -0.39 is 44.9 Å². The summed E-state index contributed by atoms with van der Waals surface area (Å²) >= 11 is 6.43. The number of carbonyl (C=O) groups excluding carboxylic acids is 2. The molecule has 3 aromatic rings. The Hall–Kier alpha value is -4.02. The van der Waals surface area contributed by atoms with Crippen molar-refractivity contribution in [3.8, 4) is 0 Å². The lowest BCUT2D eigenvalue weighted by Gasteiger charge is -2.44. The lowest BCUT2D eigenvalue weighted by molar-refractivity contribution is -0.145.